The van der Waals surface area contributed by atoms with Gasteiger partial charge in [-0.15, -0.1) is 0 Å². The molecule has 2 aliphatic heterocycles. The summed E-state index contributed by atoms with van der Waals surface area (Å²) in [6, 6.07) is 10.3. The van der Waals surface area contributed by atoms with Crippen LogP contribution >= 0.6 is 0 Å². The van der Waals surface area contributed by atoms with Gasteiger partial charge in [0.2, 0.25) is 5.91 Å². The van der Waals surface area contributed by atoms with Crippen LogP contribution in [-0.4, -0.2) is 69.7 Å². The maximum absolute atomic E-state index is 13.7. The molecule has 3 atom stereocenters. The molecule has 4 heterocycles. The molecule has 0 radical (unpaired) electrons. The molecule has 1 N–H and O–H groups in total. The number of hydrogen-bond donors (Lipinski definition) is 1. The van der Waals surface area contributed by atoms with Crippen LogP contribution in [0.25, 0.3) is 11.0 Å². The van der Waals surface area contributed by atoms with E-state index in [4.69, 9.17) is 9.15 Å². The number of hydrogen-bond acceptors (Lipinski definition) is 7. The highest BCUT2D eigenvalue weighted by molar-refractivity contribution is 6.02. The molecular weight excluding hydrogens is 488 g/mol. The summed E-state index contributed by atoms with van der Waals surface area (Å²) in [6.45, 7) is 5.90. The number of carbonyl (C=O) groups is 4. The quantitative estimate of drug-likeness (QED) is 0.531. The van der Waals surface area contributed by atoms with Crippen molar-refractivity contribution in [2.75, 3.05) is 13.1 Å². The zero-order valence-electron chi connectivity index (χ0n) is 21.5. The number of para-hydroxylation sites is 1. The van der Waals surface area contributed by atoms with E-state index in [9.17, 15) is 19.2 Å². The minimum Gasteiger partial charge on any atom is -0.425 e. The summed E-state index contributed by atoms with van der Waals surface area (Å²) in [5, 5.41) is 3.52. The molecule has 5 rings (SSSR count). The van der Waals surface area contributed by atoms with Crippen LogP contribution in [0, 0.1) is 12.8 Å². The van der Waals surface area contributed by atoms with Crippen molar-refractivity contribution in [3.63, 3.8) is 0 Å². The van der Waals surface area contributed by atoms with Crippen LogP contribution in [0.1, 0.15) is 42.7 Å². The molecule has 0 spiro atoms. The standard InChI is InChI=1S/C28H30N4O6/c1-16(2)14-20(30-28(36)38-27-17(3)18-8-4-5-10-23(18)37-27)26(35)31-13-11-21-24(31)22(33)15-32(21)25(34)19-9-6-7-12-29-19/h4-10,12,16,20-21,24H,11,13-15H2,1-3H3,(H,30,36). The SMILES string of the molecule is Cc1c(OC(=O)NC(CC(C)C)C(=O)N2CCC3C2C(=O)CN3C(=O)c2ccccn2)oc2ccccc12. The molecule has 10 nitrogen and oxygen atoms in total. The summed E-state index contributed by atoms with van der Waals surface area (Å²) < 4.78 is 11.1. The molecule has 3 aromatic rings. The summed E-state index contributed by atoms with van der Waals surface area (Å²) in [6.07, 6.45) is 1.54. The minimum atomic E-state index is -0.903. The third kappa shape index (κ3) is 4.73. The molecule has 10 heteroatoms. The zero-order valence-corrected chi connectivity index (χ0v) is 21.5. The van der Waals surface area contributed by atoms with Crippen molar-refractivity contribution in [2.45, 2.75) is 51.7 Å². The number of fused-ring (bicyclic) bond motifs is 2. The average molecular weight is 519 g/mol. The second-order valence-corrected chi connectivity index (χ2v) is 10.2. The Balaban J connectivity index is 1.30. The first-order valence-corrected chi connectivity index (χ1v) is 12.8. The van der Waals surface area contributed by atoms with Gasteiger partial charge in [0, 0.05) is 23.7 Å². The average Bonchev–Trinajstić information content (AvgIpc) is 3.57. The van der Waals surface area contributed by atoms with E-state index in [2.05, 4.69) is 10.3 Å². The van der Waals surface area contributed by atoms with Crippen LogP contribution in [0.4, 0.5) is 4.79 Å². The number of carbonyl (C=O) groups excluding carboxylic acids is 4. The van der Waals surface area contributed by atoms with Crippen LogP contribution in [0.5, 0.6) is 5.95 Å². The third-order valence-electron chi connectivity index (χ3n) is 7.13. The Morgan fingerprint density at radius 1 is 1.13 bits per heavy atom. The predicted octanol–water partition coefficient (Wildman–Crippen LogP) is 3.33. The lowest BCUT2D eigenvalue weighted by atomic mass is 10.0. The lowest BCUT2D eigenvalue weighted by molar-refractivity contribution is -0.138. The Labute approximate surface area is 219 Å². The van der Waals surface area contributed by atoms with E-state index < -0.39 is 24.2 Å². The minimum absolute atomic E-state index is 0.0651. The van der Waals surface area contributed by atoms with Gasteiger partial charge in [-0.25, -0.2) is 4.79 Å². The first-order chi connectivity index (χ1) is 18.2. The normalized spacial score (nSPS) is 19.6. The molecule has 2 aliphatic rings. The highest BCUT2D eigenvalue weighted by Gasteiger charge is 2.52. The number of Topliss-reactive ketones (excluding diaryl/α,β-unsaturated/α-hetero) is 1. The molecule has 3 amide bonds. The van der Waals surface area contributed by atoms with Gasteiger partial charge >= 0.3 is 6.09 Å². The van der Waals surface area contributed by atoms with Gasteiger partial charge in [-0.1, -0.05) is 38.1 Å². The number of benzene rings is 1. The van der Waals surface area contributed by atoms with Crippen molar-refractivity contribution in [1.29, 1.82) is 0 Å². The van der Waals surface area contributed by atoms with Gasteiger partial charge in [-0.3, -0.25) is 19.4 Å². The fourth-order valence-electron chi connectivity index (χ4n) is 5.37. The van der Waals surface area contributed by atoms with Gasteiger partial charge in [0.1, 0.15) is 23.4 Å². The fourth-order valence-corrected chi connectivity index (χ4v) is 5.37. The molecule has 0 saturated carbocycles. The maximum Gasteiger partial charge on any atom is 0.415 e. The van der Waals surface area contributed by atoms with Crippen molar-refractivity contribution in [1.82, 2.24) is 20.1 Å². The van der Waals surface area contributed by atoms with Gasteiger partial charge in [0.05, 0.1) is 12.6 Å². The van der Waals surface area contributed by atoms with Crippen LogP contribution in [-0.2, 0) is 9.59 Å². The lowest BCUT2D eigenvalue weighted by Gasteiger charge is -2.28. The van der Waals surface area contributed by atoms with Crippen molar-refractivity contribution < 1.29 is 28.3 Å². The molecule has 0 bridgehead atoms. The largest absolute Gasteiger partial charge is 0.425 e. The fraction of sp³-hybridized carbons (Fsp3) is 0.393. The van der Waals surface area contributed by atoms with E-state index in [0.717, 1.165) is 5.39 Å². The number of ether oxygens (including phenoxy) is 1. The van der Waals surface area contributed by atoms with Crippen LogP contribution in [0.15, 0.2) is 53.1 Å². The van der Waals surface area contributed by atoms with Crippen molar-refractivity contribution in [3.8, 4) is 5.95 Å². The van der Waals surface area contributed by atoms with Crippen molar-refractivity contribution in [3.05, 3.63) is 59.9 Å². The second kappa shape index (κ2) is 10.3. The lowest BCUT2D eigenvalue weighted by Crippen LogP contribution is -2.53. The number of aromatic nitrogens is 1. The van der Waals surface area contributed by atoms with Gasteiger partial charge in [0.15, 0.2) is 5.78 Å². The smallest absolute Gasteiger partial charge is 0.415 e. The monoisotopic (exact) mass is 518 g/mol. The van der Waals surface area contributed by atoms with Gasteiger partial charge in [-0.2, -0.15) is 0 Å². The number of rotatable bonds is 6. The number of likely N-dealkylation sites (tertiary alicyclic amines) is 2. The number of amides is 3. The first kappa shape index (κ1) is 25.4. The highest BCUT2D eigenvalue weighted by atomic mass is 16.6. The topological polar surface area (TPSA) is 122 Å². The molecule has 198 valence electrons. The van der Waals surface area contributed by atoms with E-state index in [1.54, 1.807) is 31.2 Å². The number of nitrogens with one attached hydrogen (secondary N) is 1. The van der Waals surface area contributed by atoms with E-state index in [-0.39, 0.29) is 41.7 Å². The number of pyridine rings is 1. The molecule has 2 fully saturated rings. The first-order valence-electron chi connectivity index (χ1n) is 12.8. The molecule has 2 saturated heterocycles. The summed E-state index contributed by atoms with van der Waals surface area (Å²) in [5.74, 6) is -0.756. The summed E-state index contributed by atoms with van der Waals surface area (Å²) in [5.41, 5.74) is 1.53. The Bertz CT molecular complexity index is 1380. The Morgan fingerprint density at radius 2 is 1.89 bits per heavy atom. The van der Waals surface area contributed by atoms with E-state index in [0.29, 0.717) is 30.5 Å². The number of aryl methyl sites for hydroxylation is 1. The summed E-state index contributed by atoms with van der Waals surface area (Å²) in [7, 11) is 0. The Kier molecular flexibility index (Phi) is 6.88. The number of furan rings is 1. The Hall–Kier alpha value is -4.21. The van der Waals surface area contributed by atoms with E-state index in [1.807, 2.05) is 32.0 Å². The predicted molar refractivity (Wildman–Crippen MR) is 138 cm³/mol. The van der Waals surface area contributed by atoms with E-state index in [1.165, 1.54) is 16.0 Å². The second-order valence-electron chi connectivity index (χ2n) is 10.2. The van der Waals surface area contributed by atoms with Gasteiger partial charge in [-0.05, 0) is 43.9 Å². The molecule has 38 heavy (non-hydrogen) atoms. The number of ketones is 1. The number of nitrogens with zero attached hydrogens (tertiary/aromatic N) is 3. The van der Waals surface area contributed by atoms with Crippen LogP contribution in [0.2, 0.25) is 0 Å². The van der Waals surface area contributed by atoms with Crippen molar-refractivity contribution >= 4 is 34.7 Å². The molecule has 3 unspecified atom stereocenters. The highest BCUT2D eigenvalue weighted by Crippen LogP contribution is 2.33. The van der Waals surface area contributed by atoms with Crippen LogP contribution < -0.4 is 10.1 Å². The van der Waals surface area contributed by atoms with Crippen LogP contribution in [0.3, 0.4) is 0 Å². The molecule has 0 aliphatic carbocycles. The summed E-state index contributed by atoms with van der Waals surface area (Å²) >= 11 is 0. The third-order valence-corrected chi connectivity index (χ3v) is 7.13. The molecule has 1 aromatic carbocycles. The molecule has 2 aromatic heterocycles. The maximum atomic E-state index is 13.7. The van der Waals surface area contributed by atoms with Crippen molar-refractivity contribution in [2.24, 2.45) is 5.92 Å². The summed E-state index contributed by atoms with van der Waals surface area (Å²) in [4.78, 5) is 59.7. The Morgan fingerprint density at radius 3 is 2.61 bits per heavy atom. The molecular formula is C28H30N4O6. The van der Waals surface area contributed by atoms with Gasteiger partial charge in [0.25, 0.3) is 11.9 Å². The van der Waals surface area contributed by atoms with E-state index >= 15 is 0 Å². The van der Waals surface area contributed by atoms with Gasteiger partial charge < -0.3 is 24.3 Å². The zero-order chi connectivity index (χ0) is 27.0.